The van der Waals surface area contributed by atoms with Crippen molar-refractivity contribution in [2.45, 2.75) is 12.6 Å². The summed E-state index contributed by atoms with van der Waals surface area (Å²) < 4.78 is 5.26. The molecule has 2 heterocycles. The highest BCUT2D eigenvalue weighted by Crippen LogP contribution is 2.21. The van der Waals surface area contributed by atoms with Crippen molar-refractivity contribution in [3.63, 3.8) is 0 Å². The van der Waals surface area contributed by atoms with Gasteiger partial charge in [0.2, 0.25) is 0 Å². The number of nitrogens with zero attached hydrogens (tertiary/aromatic N) is 1. The molecule has 104 valence electrons. The minimum absolute atomic E-state index is 0.0576. The zero-order valence-corrected chi connectivity index (χ0v) is 11.0. The molecule has 1 aliphatic heterocycles. The number of carbonyl (C=O) groups excluding carboxylic acids is 1. The van der Waals surface area contributed by atoms with Crippen LogP contribution in [-0.4, -0.2) is 35.1 Å². The molecule has 20 heavy (non-hydrogen) atoms. The highest BCUT2D eigenvalue weighted by Gasteiger charge is 2.30. The third kappa shape index (κ3) is 2.53. The van der Waals surface area contributed by atoms with Gasteiger partial charge >= 0.3 is 0 Å². The molecule has 1 aromatic carbocycles. The molecule has 0 aliphatic carbocycles. The van der Waals surface area contributed by atoms with E-state index in [1.807, 2.05) is 30.3 Å². The Kier molecular flexibility index (Phi) is 3.43. The second kappa shape index (κ2) is 5.38. The summed E-state index contributed by atoms with van der Waals surface area (Å²) in [5, 5.41) is 12.5. The molecule has 0 bridgehead atoms. The number of furan rings is 1. The molecule has 1 amide bonds. The molecule has 1 fully saturated rings. The number of hydrogen-bond acceptors (Lipinski definition) is 4. The molecule has 0 saturated carbocycles. The zero-order chi connectivity index (χ0) is 13.9. The van der Waals surface area contributed by atoms with E-state index in [9.17, 15) is 9.90 Å². The molecule has 3 rings (SSSR count). The highest BCUT2D eigenvalue weighted by molar-refractivity contribution is 6.00. The third-order valence-electron chi connectivity index (χ3n) is 3.34. The second-order valence-corrected chi connectivity index (χ2v) is 4.84. The number of hydrogen-bond donors (Lipinski definition) is 2. The minimum Gasteiger partial charge on any atom is -0.467 e. The normalized spacial score (nSPS) is 14.9. The van der Waals surface area contributed by atoms with E-state index >= 15 is 0 Å². The lowest BCUT2D eigenvalue weighted by molar-refractivity contribution is 0.00595. The fraction of sp³-hybridized carbons (Fsp3) is 0.267. The van der Waals surface area contributed by atoms with Gasteiger partial charge in [-0.15, -0.1) is 0 Å². The van der Waals surface area contributed by atoms with E-state index in [2.05, 4.69) is 5.32 Å². The number of β-amino-alcohol motifs (C(OH)–C–C–N with tert-alkyl or cyclic N) is 1. The van der Waals surface area contributed by atoms with Crippen molar-refractivity contribution >= 4 is 11.6 Å². The fourth-order valence-corrected chi connectivity index (χ4v) is 2.21. The summed E-state index contributed by atoms with van der Waals surface area (Å²) in [4.78, 5) is 13.9. The Morgan fingerprint density at radius 1 is 1.30 bits per heavy atom. The van der Waals surface area contributed by atoms with Crippen molar-refractivity contribution in [2.24, 2.45) is 0 Å². The number of carbonyl (C=O) groups is 1. The predicted octanol–water partition coefficient (Wildman–Crippen LogP) is 1.71. The van der Waals surface area contributed by atoms with Crippen LogP contribution < -0.4 is 5.32 Å². The van der Waals surface area contributed by atoms with Gasteiger partial charge in [0.05, 0.1) is 24.5 Å². The standard InChI is InChI=1S/C15H16N2O3/c18-11-9-17(10-11)15(19)13-5-1-2-6-14(13)16-8-12-4-3-7-20-12/h1-7,11,16,18H,8-10H2. The van der Waals surface area contributed by atoms with E-state index in [0.717, 1.165) is 11.4 Å². The Hall–Kier alpha value is -2.27. The van der Waals surface area contributed by atoms with Crippen LogP contribution in [0.15, 0.2) is 47.1 Å². The second-order valence-electron chi connectivity index (χ2n) is 4.84. The van der Waals surface area contributed by atoms with Gasteiger partial charge in [0.1, 0.15) is 5.76 Å². The summed E-state index contributed by atoms with van der Waals surface area (Å²) in [5.74, 6) is 0.754. The SMILES string of the molecule is O=C(c1ccccc1NCc1ccco1)N1CC(O)C1. The number of nitrogens with one attached hydrogen (secondary N) is 1. The van der Waals surface area contributed by atoms with Gasteiger partial charge in [-0.25, -0.2) is 0 Å². The van der Waals surface area contributed by atoms with Gasteiger partial charge in [-0.05, 0) is 24.3 Å². The van der Waals surface area contributed by atoms with Gasteiger partial charge in [-0.2, -0.15) is 0 Å². The van der Waals surface area contributed by atoms with Gasteiger partial charge in [0.15, 0.2) is 0 Å². The Morgan fingerprint density at radius 2 is 2.10 bits per heavy atom. The average molecular weight is 272 g/mol. The van der Waals surface area contributed by atoms with Gasteiger partial charge in [-0.1, -0.05) is 12.1 Å². The zero-order valence-electron chi connectivity index (χ0n) is 11.0. The van der Waals surface area contributed by atoms with Crippen LogP contribution in [0.5, 0.6) is 0 Å². The van der Waals surface area contributed by atoms with E-state index < -0.39 is 0 Å². The van der Waals surface area contributed by atoms with Gasteiger partial charge in [0.25, 0.3) is 5.91 Å². The smallest absolute Gasteiger partial charge is 0.256 e. The molecule has 0 spiro atoms. The fourth-order valence-electron chi connectivity index (χ4n) is 2.21. The maximum atomic E-state index is 12.3. The van der Waals surface area contributed by atoms with E-state index in [-0.39, 0.29) is 12.0 Å². The summed E-state index contributed by atoms with van der Waals surface area (Å²) in [6, 6.07) is 11.1. The lowest BCUT2D eigenvalue weighted by Crippen LogP contribution is -2.53. The molecule has 0 radical (unpaired) electrons. The van der Waals surface area contributed by atoms with Crippen molar-refractivity contribution in [2.75, 3.05) is 18.4 Å². The van der Waals surface area contributed by atoms with Crippen LogP contribution in [0.4, 0.5) is 5.69 Å². The maximum absolute atomic E-state index is 12.3. The average Bonchev–Trinajstić information content (AvgIpc) is 2.94. The topological polar surface area (TPSA) is 65.7 Å². The third-order valence-corrected chi connectivity index (χ3v) is 3.34. The van der Waals surface area contributed by atoms with Crippen molar-refractivity contribution in [3.8, 4) is 0 Å². The van der Waals surface area contributed by atoms with Gasteiger partial charge in [-0.3, -0.25) is 4.79 Å². The monoisotopic (exact) mass is 272 g/mol. The number of likely N-dealkylation sites (tertiary alicyclic amines) is 1. The molecule has 5 heteroatoms. The van der Waals surface area contributed by atoms with E-state index in [4.69, 9.17) is 4.42 Å². The summed E-state index contributed by atoms with van der Waals surface area (Å²) >= 11 is 0. The van der Waals surface area contributed by atoms with Crippen LogP contribution in [-0.2, 0) is 6.54 Å². The summed E-state index contributed by atoms with van der Waals surface area (Å²) in [5.41, 5.74) is 1.39. The molecule has 0 unspecified atom stereocenters. The van der Waals surface area contributed by atoms with Crippen LogP contribution in [0.2, 0.25) is 0 Å². The summed E-state index contributed by atoms with van der Waals surface area (Å²) in [6.45, 7) is 1.34. The summed E-state index contributed by atoms with van der Waals surface area (Å²) in [6.07, 6.45) is 1.23. The molecular weight excluding hydrogens is 256 g/mol. The largest absolute Gasteiger partial charge is 0.467 e. The van der Waals surface area contributed by atoms with Crippen molar-refractivity contribution in [1.29, 1.82) is 0 Å². The number of para-hydroxylation sites is 1. The molecule has 1 aromatic heterocycles. The molecular formula is C15H16N2O3. The number of rotatable bonds is 4. The Balaban J connectivity index is 1.72. The maximum Gasteiger partial charge on any atom is 0.256 e. The molecule has 2 aromatic rings. The van der Waals surface area contributed by atoms with Crippen molar-refractivity contribution < 1.29 is 14.3 Å². The van der Waals surface area contributed by atoms with Gasteiger partial charge < -0.3 is 19.7 Å². The summed E-state index contributed by atoms with van der Waals surface area (Å²) in [7, 11) is 0. The number of amides is 1. The van der Waals surface area contributed by atoms with Crippen LogP contribution in [0.3, 0.4) is 0 Å². The van der Waals surface area contributed by atoms with E-state index in [0.29, 0.717) is 25.2 Å². The Morgan fingerprint density at radius 3 is 2.80 bits per heavy atom. The Labute approximate surface area is 116 Å². The van der Waals surface area contributed by atoms with Crippen LogP contribution in [0.25, 0.3) is 0 Å². The molecule has 1 aliphatic rings. The number of anilines is 1. The predicted molar refractivity (Wildman–Crippen MR) is 74.4 cm³/mol. The van der Waals surface area contributed by atoms with Crippen molar-refractivity contribution in [1.82, 2.24) is 4.90 Å². The Bertz CT molecular complexity index is 589. The highest BCUT2D eigenvalue weighted by atomic mass is 16.3. The van der Waals surface area contributed by atoms with Crippen LogP contribution in [0.1, 0.15) is 16.1 Å². The minimum atomic E-state index is -0.387. The number of aliphatic hydroxyl groups is 1. The molecule has 2 N–H and O–H groups in total. The lowest BCUT2D eigenvalue weighted by Gasteiger charge is -2.36. The quantitative estimate of drug-likeness (QED) is 0.889. The van der Waals surface area contributed by atoms with Gasteiger partial charge in [0, 0.05) is 18.8 Å². The first-order valence-electron chi connectivity index (χ1n) is 6.56. The van der Waals surface area contributed by atoms with Crippen LogP contribution in [0, 0.1) is 0 Å². The first-order chi connectivity index (χ1) is 9.74. The van der Waals surface area contributed by atoms with E-state index in [1.165, 1.54) is 0 Å². The molecule has 1 saturated heterocycles. The van der Waals surface area contributed by atoms with Crippen molar-refractivity contribution in [3.05, 3.63) is 54.0 Å². The lowest BCUT2D eigenvalue weighted by atomic mass is 10.1. The first kappa shape index (κ1) is 12.7. The number of aliphatic hydroxyl groups excluding tert-OH is 1. The number of benzene rings is 1. The molecule has 0 atom stereocenters. The van der Waals surface area contributed by atoms with E-state index in [1.54, 1.807) is 17.2 Å². The molecule has 5 nitrogen and oxygen atoms in total. The first-order valence-corrected chi connectivity index (χ1v) is 6.56. The van der Waals surface area contributed by atoms with Crippen LogP contribution >= 0.6 is 0 Å².